The van der Waals surface area contributed by atoms with E-state index in [1.807, 2.05) is 0 Å². The van der Waals surface area contributed by atoms with Crippen LogP contribution < -0.4 is 0 Å². The molecule has 5 heteroatoms. The van der Waals surface area contributed by atoms with Crippen molar-refractivity contribution in [1.82, 2.24) is 0 Å². The third-order valence-corrected chi connectivity index (χ3v) is 13.6. The van der Waals surface area contributed by atoms with Crippen LogP contribution in [0.4, 0.5) is 0 Å². The molecule has 0 heterocycles. The molecular formula is C63H116O5. The largest absolute Gasteiger partial charge is 0.462 e. The van der Waals surface area contributed by atoms with E-state index in [2.05, 4.69) is 62.5 Å². The maximum atomic E-state index is 12.2. The van der Waals surface area contributed by atoms with Crippen LogP contribution in [0.5, 0.6) is 0 Å². The molecule has 68 heavy (non-hydrogen) atoms. The van der Waals surface area contributed by atoms with E-state index in [1.165, 1.54) is 231 Å². The number of aliphatic hydroxyl groups is 1. The molecule has 0 radical (unpaired) electrons. The van der Waals surface area contributed by atoms with Crippen LogP contribution in [-0.2, 0) is 19.1 Å². The van der Waals surface area contributed by atoms with Gasteiger partial charge in [0.25, 0.3) is 0 Å². The van der Waals surface area contributed by atoms with E-state index >= 15 is 0 Å². The summed E-state index contributed by atoms with van der Waals surface area (Å²) in [5.74, 6) is -0.628. The Balaban J connectivity index is 3.36. The van der Waals surface area contributed by atoms with Gasteiger partial charge in [0.2, 0.25) is 0 Å². The highest BCUT2D eigenvalue weighted by molar-refractivity contribution is 5.70. The Labute approximate surface area is 424 Å². The van der Waals surface area contributed by atoms with Gasteiger partial charge in [-0.2, -0.15) is 0 Å². The Morgan fingerprint density at radius 1 is 0.353 bits per heavy atom. The van der Waals surface area contributed by atoms with Crippen molar-refractivity contribution in [3.63, 3.8) is 0 Å². The molecule has 1 atom stereocenters. The zero-order valence-corrected chi connectivity index (χ0v) is 45.6. The molecule has 0 amide bonds. The lowest BCUT2D eigenvalue weighted by Crippen LogP contribution is -2.28. The van der Waals surface area contributed by atoms with E-state index in [-0.39, 0.29) is 25.2 Å². The third kappa shape index (κ3) is 56.4. The number of ether oxygens (including phenoxy) is 2. The second-order valence-corrected chi connectivity index (χ2v) is 20.4. The molecule has 1 N–H and O–H groups in total. The smallest absolute Gasteiger partial charge is 0.306 e. The minimum absolute atomic E-state index is 0.0806. The van der Waals surface area contributed by atoms with Crippen molar-refractivity contribution in [3.05, 3.63) is 48.6 Å². The Morgan fingerprint density at radius 3 is 0.956 bits per heavy atom. The van der Waals surface area contributed by atoms with Crippen molar-refractivity contribution in [3.8, 4) is 0 Å². The van der Waals surface area contributed by atoms with Gasteiger partial charge in [0.05, 0.1) is 6.61 Å². The molecule has 0 aliphatic carbocycles. The van der Waals surface area contributed by atoms with Crippen molar-refractivity contribution in [2.45, 2.75) is 328 Å². The predicted molar refractivity (Wildman–Crippen MR) is 297 cm³/mol. The van der Waals surface area contributed by atoms with E-state index in [4.69, 9.17) is 9.47 Å². The second kappa shape index (κ2) is 59.2. The maximum absolute atomic E-state index is 12.2. The fourth-order valence-corrected chi connectivity index (χ4v) is 9.14. The zero-order valence-electron chi connectivity index (χ0n) is 45.6. The van der Waals surface area contributed by atoms with Crippen LogP contribution in [0.25, 0.3) is 0 Å². The first-order valence-electron chi connectivity index (χ1n) is 30.2. The first kappa shape index (κ1) is 65.9. The fourth-order valence-electron chi connectivity index (χ4n) is 9.14. The van der Waals surface area contributed by atoms with Crippen LogP contribution in [0.15, 0.2) is 48.6 Å². The fraction of sp³-hybridized carbons (Fsp3) is 0.841. The lowest BCUT2D eigenvalue weighted by atomic mass is 10.0. The molecule has 1 unspecified atom stereocenters. The second-order valence-electron chi connectivity index (χ2n) is 20.4. The molecule has 0 aromatic rings. The molecule has 0 aliphatic heterocycles. The molecule has 0 spiro atoms. The van der Waals surface area contributed by atoms with E-state index in [0.29, 0.717) is 12.8 Å². The molecule has 5 nitrogen and oxygen atoms in total. The minimum Gasteiger partial charge on any atom is -0.462 e. The van der Waals surface area contributed by atoms with E-state index in [1.54, 1.807) is 0 Å². The predicted octanol–water partition coefficient (Wildman–Crippen LogP) is 20.4. The van der Waals surface area contributed by atoms with Crippen molar-refractivity contribution < 1.29 is 24.2 Å². The highest BCUT2D eigenvalue weighted by atomic mass is 16.6. The topological polar surface area (TPSA) is 72.8 Å². The number of esters is 2. The number of allylic oxidation sites excluding steroid dienone is 8. The lowest BCUT2D eigenvalue weighted by molar-refractivity contribution is -0.161. The highest BCUT2D eigenvalue weighted by Crippen LogP contribution is 2.18. The van der Waals surface area contributed by atoms with Crippen molar-refractivity contribution in [1.29, 1.82) is 0 Å². The SMILES string of the molecule is CC/C=C\C/C=C\C/C=C\C/C=C\CCCCC(=O)OC(CO)COC(=O)CCCCCCCCCCCCCCCCCCCCCCCCCCCCCCCCCCCCCCCCC. The molecule has 0 saturated heterocycles. The number of carbonyl (C=O) groups excluding carboxylic acids is 2. The van der Waals surface area contributed by atoms with Crippen LogP contribution in [0.3, 0.4) is 0 Å². The standard InChI is InChI=1S/C63H116O5/c1-3-5-7-9-11-13-15-17-19-20-21-22-23-24-25-26-27-28-29-30-31-32-33-34-35-36-37-38-39-40-41-42-44-45-47-49-51-53-55-57-62(65)67-60-61(59-64)68-63(66)58-56-54-52-50-48-46-43-18-16-14-12-10-8-6-4-2/h6,8,12,14,18,43,48,50,61,64H,3-5,7,9-11,13,15-17,19-42,44-47,49,51-60H2,1-2H3/b8-6-,14-12-,43-18-,50-48-. The van der Waals surface area contributed by atoms with Crippen LogP contribution in [0, 0.1) is 0 Å². The molecule has 0 bridgehead atoms. The van der Waals surface area contributed by atoms with Gasteiger partial charge in [-0.15, -0.1) is 0 Å². The van der Waals surface area contributed by atoms with Gasteiger partial charge in [-0.1, -0.05) is 306 Å². The maximum Gasteiger partial charge on any atom is 0.306 e. The molecular weight excluding hydrogens is 837 g/mol. The van der Waals surface area contributed by atoms with E-state index in [9.17, 15) is 14.7 Å². The molecule has 0 aromatic carbocycles. The van der Waals surface area contributed by atoms with Gasteiger partial charge in [0.1, 0.15) is 6.61 Å². The molecule has 398 valence electrons. The van der Waals surface area contributed by atoms with Crippen LogP contribution >= 0.6 is 0 Å². The quantitative estimate of drug-likeness (QED) is 0.0374. The monoisotopic (exact) mass is 953 g/mol. The normalized spacial score (nSPS) is 12.5. The third-order valence-electron chi connectivity index (χ3n) is 13.6. The first-order chi connectivity index (χ1) is 33.6. The highest BCUT2D eigenvalue weighted by Gasteiger charge is 2.16. The Morgan fingerprint density at radius 2 is 0.632 bits per heavy atom. The summed E-state index contributed by atoms with van der Waals surface area (Å²) in [6.07, 6.45) is 78.6. The van der Waals surface area contributed by atoms with Gasteiger partial charge in [-0.25, -0.2) is 0 Å². The van der Waals surface area contributed by atoms with Gasteiger partial charge in [-0.05, 0) is 51.4 Å². The van der Waals surface area contributed by atoms with Gasteiger partial charge < -0.3 is 14.6 Å². The summed E-state index contributed by atoms with van der Waals surface area (Å²) in [5, 5.41) is 9.62. The van der Waals surface area contributed by atoms with Crippen LogP contribution in [0.1, 0.15) is 322 Å². The van der Waals surface area contributed by atoms with E-state index < -0.39 is 6.10 Å². The van der Waals surface area contributed by atoms with E-state index in [0.717, 1.165) is 64.2 Å². The van der Waals surface area contributed by atoms with Gasteiger partial charge in [-0.3, -0.25) is 9.59 Å². The Hall–Kier alpha value is -2.14. The summed E-state index contributed by atoms with van der Waals surface area (Å²) in [5.41, 5.74) is 0. The van der Waals surface area contributed by atoms with Crippen molar-refractivity contribution >= 4 is 11.9 Å². The number of unbranched alkanes of at least 4 members (excludes halogenated alkanes) is 40. The summed E-state index contributed by atoms with van der Waals surface area (Å²) < 4.78 is 10.7. The summed E-state index contributed by atoms with van der Waals surface area (Å²) in [6, 6.07) is 0. The van der Waals surface area contributed by atoms with Gasteiger partial charge >= 0.3 is 11.9 Å². The number of hydrogen-bond acceptors (Lipinski definition) is 5. The summed E-state index contributed by atoms with van der Waals surface area (Å²) in [7, 11) is 0. The number of hydrogen-bond donors (Lipinski definition) is 1. The summed E-state index contributed by atoms with van der Waals surface area (Å²) in [4.78, 5) is 24.4. The lowest BCUT2D eigenvalue weighted by Gasteiger charge is -2.15. The Bertz CT molecular complexity index is 1120. The molecule has 0 fully saturated rings. The van der Waals surface area contributed by atoms with Crippen LogP contribution in [0.2, 0.25) is 0 Å². The summed E-state index contributed by atoms with van der Waals surface area (Å²) >= 11 is 0. The van der Waals surface area contributed by atoms with Crippen molar-refractivity contribution in [2.24, 2.45) is 0 Å². The number of aliphatic hydroxyl groups excluding tert-OH is 1. The Kier molecular flexibility index (Phi) is 57.3. The van der Waals surface area contributed by atoms with Gasteiger partial charge in [0.15, 0.2) is 6.10 Å². The first-order valence-corrected chi connectivity index (χ1v) is 30.2. The van der Waals surface area contributed by atoms with Crippen molar-refractivity contribution in [2.75, 3.05) is 13.2 Å². The zero-order chi connectivity index (χ0) is 49.2. The molecule has 0 aromatic heterocycles. The average Bonchev–Trinajstić information content (AvgIpc) is 3.34. The minimum atomic E-state index is -0.793. The number of carbonyl (C=O) groups is 2. The number of rotatable bonds is 56. The molecule has 0 aliphatic rings. The summed E-state index contributed by atoms with van der Waals surface area (Å²) in [6.45, 7) is 4.02. The molecule has 0 saturated carbocycles. The average molecular weight is 954 g/mol. The van der Waals surface area contributed by atoms with Gasteiger partial charge in [0, 0.05) is 12.8 Å². The van der Waals surface area contributed by atoms with Crippen LogP contribution in [-0.4, -0.2) is 36.4 Å². The molecule has 0 rings (SSSR count).